The van der Waals surface area contributed by atoms with Crippen molar-refractivity contribution in [1.29, 1.82) is 0 Å². The topological polar surface area (TPSA) is 50.8 Å². The SMILES string of the molecule is COCC(C)CNC1(C)CCN(C(=O)OC(C)(C)C)CC1. The summed E-state index contributed by atoms with van der Waals surface area (Å²) in [4.78, 5) is 13.9. The van der Waals surface area contributed by atoms with Gasteiger partial charge >= 0.3 is 6.09 Å². The number of ether oxygens (including phenoxy) is 2. The Labute approximate surface area is 129 Å². The smallest absolute Gasteiger partial charge is 0.410 e. The molecule has 0 saturated carbocycles. The second-order valence-corrected chi connectivity index (χ2v) is 7.47. The van der Waals surface area contributed by atoms with Crippen LogP contribution in [0, 0.1) is 5.92 Å². The Morgan fingerprint density at radius 2 is 1.90 bits per heavy atom. The summed E-state index contributed by atoms with van der Waals surface area (Å²) in [7, 11) is 1.73. The highest BCUT2D eigenvalue weighted by Crippen LogP contribution is 2.23. The first-order valence-corrected chi connectivity index (χ1v) is 7.87. The maximum Gasteiger partial charge on any atom is 0.410 e. The zero-order chi connectivity index (χ0) is 16.1. The Morgan fingerprint density at radius 1 is 1.33 bits per heavy atom. The Kier molecular flexibility index (Phi) is 6.47. The quantitative estimate of drug-likeness (QED) is 0.848. The molecule has 0 bridgehead atoms. The number of hydrogen-bond acceptors (Lipinski definition) is 4. The number of rotatable bonds is 5. The van der Waals surface area contributed by atoms with E-state index in [0.29, 0.717) is 5.92 Å². The molecular weight excluding hydrogens is 268 g/mol. The van der Waals surface area contributed by atoms with Crippen LogP contribution in [0.25, 0.3) is 0 Å². The van der Waals surface area contributed by atoms with Crippen LogP contribution in [-0.4, -0.2) is 55.5 Å². The molecule has 0 aromatic heterocycles. The normalized spacial score (nSPS) is 20.2. The van der Waals surface area contributed by atoms with Crippen molar-refractivity contribution in [3.63, 3.8) is 0 Å². The molecule has 0 aliphatic carbocycles. The van der Waals surface area contributed by atoms with Crippen LogP contribution in [-0.2, 0) is 9.47 Å². The molecule has 1 saturated heterocycles. The summed E-state index contributed by atoms with van der Waals surface area (Å²) in [5.74, 6) is 0.496. The molecule has 0 aromatic carbocycles. The maximum absolute atomic E-state index is 12.0. The highest BCUT2D eigenvalue weighted by atomic mass is 16.6. The summed E-state index contributed by atoms with van der Waals surface area (Å²) in [6.07, 6.45) is 1.70. The van der Waals surface area contributed by atoms with E-state index in [9.17, 15) is 4.79 Å². The van der Waals surface area contributed by atoms with Crippen LogP contribution >= 0.6 is 0 Å². The van der Waals surface area contributed by atoms with Gasteiger partial charge in [-0.3, -0.25) is 0 Å². The number of amides is 1. The number of nitrogens with one attached hydrogen (secondary N) is 1. The monoisotopic (exact) mass is 300 g/mol. The average molecular weight is 300 g/mol. The van der Waals surface area contributed by atoms with Crippen LogP contribution < -0.4 is 5.32 Å². The summed E-state index contributed by atoms with van der Waals surface area (Å²) in [5, 5.41) is 3.63. The molecule has 1 aliphatic rings. The van der Waals surface area contributed by atoms with E-state index in [1.54, 1.807) is 7.11 Å². The largest absolute Gasteiger partial charge is 0.444 e. The standard InChI is InChI=1S/C16H32N2O3/c1-13(12-20-6)11-17-16(5)7-9-18(10-8-16)14(19)21-15(2,3)4/h13,17H,7-12H2,1-6H3. The average Bonchev–Trinajstić information content (AvgIpc) is 2.36. The van der Waals surface area contributed by atoms with Crippen molar-refractivity contribution in [2.75, 3.05) is 33.4 Å². The van der Waals surface area contributed by atoms with E-state index in [4.69, 9.17) is 9.47 Å². The van der Waals surface area contributed by atoms with Crippen molar-refractivity contribution in [2.45, 2.75) is 58.6 Å². The predicted molar refractivity (Wildman–Crippen MR) is 84.5 cm³/mol. The van der Waals surface area contributed by atoms with Crippen molar-refractivity contribution in [2.24, 2.45) is 5.92 Å². The first-order chi connectivity index (χ1) is 9.65. The molecule has 1 aliphatic heterocycles. The first-order valence-electron chi connectivity index (χ1n) is 7.87. The molecule has 1 atom stereocenters. The lowest BCUT2D eigenvalue weighted by Gasteiger charge is -2.41. The zero-order valence-corrected chi connectivity index (χ0v) is 14.5. The van der Waals surface area contributed by atoms with Gasteiger partial charge in [-0.2, -0.15) is 0 Å². The van der Waals surface area contributed by atoms with Crippen molar-refractivity contribution < 1.29 is 14.3 Å². The Morgan fingerprint density at radius 3 is 2.38 bits per heavy atom. The third-order valence-electron chi connectivity index (χ3n) is 3.85. The number of methoxy groups -OCH3 is 1. The van der Waals surface area contributed by atoms with Gasteiger partial charge in [0.05, 0.1) is 0 Å². The zero-order valence-electron chi connectivity index (χ0n) is 14.5. The van der Waals surface area contributed by atoms with Crippen molar-refractivity contribution in [3.05, 3.63) is 0 Å². The summed E-state index contributed by atoms with van der Waals surface area (Å²) < 4.78 is 10.6. The molecule has 1 amide bonds. The van der Waals surface area contributed by atoms with Gasteiger partial charge in [-0.25, -0.2) is 4.79 Å². The molecule has 0 aromatic rings. The van der Waals surface area contributed by atoms with Gasteiger partial charge in [0, 0.05) is 38.9 Å². The lowest BCUT2D eigenvalue weighted by Crippen LogP contribution is -2.54. The summed E-state index contributed by atoms with van der Waals surface area (Å²) in [6.45, 7) is 13.3. The fourth-order valence-electron chi connectivity index (χ4n) is 2.45. The Balaban J connectivity index is 2.38. The van der Waals surface area contributed by atoms with Gasteiger partial charge in [-0.1, -0.05) is 6.92 Å². The maximum atomic E-state index is 12.0. The molecule has 0 radical (unpaired) electrons. The van der Waals surface area contributed by atoms with Crippen LogP contribution in [0.15, 0.2) is 0 Å². The molecule has 5 nitrogen and oxygen atoms in total. The Hall–Kier alpha value is -0.810. The van der Waals surface area contributed by atoms with Gasteiger partial charge in [0.1, 0.15) is 5.60 Å². The second-order valence-electron chi connectivity index (χ2n) is 7.47. The fraction of sp³-hybridized carbons (Fsp3) is 0.938. The van der Waals surface area contributed by atoms with E-state index in [1.807, 2.05) is 25.7 Å². The van der Waals surface area contributed by atoms with Gasteiger partial charge in [0.2, 0.25) is 0 Å². The van der Waals surface area contributed by atoms with E-state index in [-0.39, 0.29) is 11.6 Å². The third-order valence-corrected chi connectivity index (χ3v) is 3.85. The van der Waals surface area contributed by atoms with Crippen molar-refractivity contribution >= 4 is 6.09 Å². The van der Waals surface area contributed by atoms with E-state index in [2.05, 4.69) is 19.2 Å². The molecule has 5 heteroatoms. The van der Waals surface area contributed by atoms with E-state index in [1.165, 1.54) is 0 Å². The van der Waals surface area contributed by atoms with Gasteiger partial charge < -0.3 is 19.7 Å². The molecule has 1 heterocycles. The van der Waals surface area contributed by atoms with E-state index < -0.39 is 5.60 Å². The molecule has 21 heavy (non-hydrogen) atoms. The molecule has 1 unspecified atom stereocenters. The molecular formula is C16H32N2O3. The Bertz CT molecular complexity index is 331. The van der Waals surface area contributed by atoms with E-state index >= 15 is 0 Å². The molecule has 1 N–H and O–H groups in total. The number of nitrogens with zero attached hydrogens (tertiary/aromatic N) is 1. The van der Waals surface area contributed by atoms with Crippen LogP contribution in [0.1, 0.15) is 47.5 Å². The highest BCUT2D eigenvalue weighted by molar-refractivity contribution is 5.68. The number of carbonyl (C=O) groups excluding carboxylic acids is 1. The van der Waals surface area contributed by atoms with Crippen molar-refractivity contribution in [1.82, 2.24) is 10.2 Å². The minimum absolute atomic E-state index is 0.0977. The lowest BCUT2D eigenvalue weighted by atomic mass is 9.89. The minimum atomic E-state index is -0.425. The van der Waals surface area contributed by atoms with Crippen molar-refractivity contribution in [3.8, 4) is 0 Å². The number of carbonyl (C=O) groups is 1. The van der Waals surface area contributed by atoms with Crippen LogP contribution in [0.5, 0.6) is 0 Å². The minimum Gasteiger partial charge on any atom is -0.444 e. The van der Waals surface area contributed by atoms with Gasteiger partial charge in [0.15, 0.2) is 0 Å². The van der Waals surface area contributed by atoms with Crippen LogP contribution in [0.4, 0.5) is 4.79 Å². The van der Waals surface area contributed by atoms with Crippen LogP contribution in [0.2, 0.25) is 0 Å². The fourth-order valence-corrected chi connectivity index (χ4v) is 2.45. The molecule has 1 rings (SSSR count). The molecule has 0 spiro atoms. The van der Waals surface area contributed by atoms with Gasteiger partial charge in [0.25, 0.3) is 0 Å². The number of piperidine rings is 1. The summed E-state index contributed by atoms with van der Waals surface area (Å²) in [5.41, 5.74) is -0.327. The number of hydrogen-bond donors (Lipinski definition) is 1. The summed E-state index contributed by atoms with van der Waals surface area (Å²) >= 11 is 0. The van der Waals surface area contributed by atoms with Gasteiger partial charge in [-0.05, 0) is 46.5 Å². The second kappa shape index (κ2) is 7.45. The lowest BCUT2D eigenvalue weighted by molar-refractivity contribution is 0.0154. The molecule has 124 valence electrons. The highest BCUT2D eigenvalue weighted by Gasteiger charge is 2.33. The first kappa shape index (κ1) is 18.2. The number of likely N-dealkylation sites (tertiary alicyclic amines) is 1. The summed E-state index contributed by atoms with van der Waals surface area (Å²) in [6, 6.07) is 0. The predicted octanol–water partition coefficient (Wildman–Crippen LogP) is 2.65. The van der Waals surface area contributed by atoms with E-state index in [0.717, 1.165) is 39.1 Å². The van der Waals surface area contributed by atoms with Gasteiger partial charge in [-0.15, -0.1) is 0 Å². The third kappa shape index (κ3) is 6.66. The molecule has 1 fully saturated rings. The van der Waals surface area contributed by atoms with Crippen LogP contribution in [0.3, 0.4) is 0 Å².